The van der Waals surface area contributed by atoms with Crippen molar-refractivity contribution in [3.8, 4) is 6.07 Å². The van der Waals surface area contributed by atoms with Crippen molar-refractivity contribution in [2.24, 2.45) is 0 Å². The lowest BCUT2D eigenvalue weighted by atomic mass is 10.1. The molecule has 2 aromatic rings. The van der Waals surface area contributed by atoms with Crippen molar-refractivity contribution in [2.45, 2.75) is 26.2 Å². The minimum absolute atomic E-state index is 0.732. The van der Waals surface area contributed by atoms with Crippen LogP contribution in [0.15, 0.2) is 24.4 Å². The zero-order valence-electron chi connectivity index (χ0n) is 8.88. The van der Waals surface area contributed by atoms with E-state index in [1.54, 1.807) is 0 Å². The standard InChI is InChI=1S/C13H14N2/c1-2-3-5-11-9-15-13-10(8-14)6-4-7-12(11)13/h4,6-7,9,15H,2-3,5H2,1H3. The van der Waals surface area contributed by atoms with Crippen molar-refractivity contribution >= 4 is 10.9 Å². The number of H-pyrrole nitrogens is 1. The van der Waals surface area contributed by atoms with Crippen LogP contribution in [0.3, 0.4) is 0 Å². The monoisotopic (exact) mass is 198 g/mol. The third-order valence-electron chi connectivity index (χ3n) is 2.72. The molecule has 0 saturated heterocycles. The molecule has 1 aromatic carbocycles. The summed E-state index contributed by atoms with van der Waals surface area (Å²) in [7, 11) is 0. The first-order chi connectivity index (χ1) is 7.36. The Balaban J connectivity index is 2.47. The molecule has 0 atom stereocenters. The van der Waals surface area contributed by atoms with Gasteiger partial charge in [-0.1, -0.05) is 25.5 Å². The van der Waals surface area contributed by atoms with Crippen LogP contribution in [0.5, 0.6) is 0 Å². The van der Waals surface area contributed by atoms with Crippen molar-refractivity contribution in [1.29, 1.82) is 5.26 Å². The number of aromatic amines is 1. The molecule has 0 bridgehead atoms. The first-order valence-electron chi connectivity index (χ1n) is 5.36. The summed E-state index contributed by atoms with van der Waals surface area (Å²) in [4.78, 5) is 3.19. The number of nitrogens with zero attached hydrogens (tertiary/aromatic N) is 1. The maximum absolute atomic E-state index is 8.95. The van der Waals surface area contributed by atoms with Gasteiger partial charge in [-0.3, -0.25) is 0 Å². The molecule has 1 heterocycles. The van der Waals surface area contributed by atoms with Gasteiger partial charge in [-0.2, -0.15) is 5.26 Å². The van der Waals surface area contributed by atoms with E-state index in [2.05, 4.69) is 24.0 Å². The van der Waals surface area contributed by atoms with Crippen molar-refractivity contribution in [3.05, 3.63) is 35.5 Å². The number of nitrogens with one attached hydrogen (secondary N) is 1. The lowest BCUT2D eigenvalue weighted by molar-refractivity contribution is 0.799. The smallest absolute Gasteiger partial charge is 0.101 e. The van der Waals surface area contributed by atoms with Gasteiger partial charge in [0, 0.05) is 11.6 Å². The second kappa shape index (κ2) is 4.18. The fraction of sp³-hybridized carbons (Fsp3) is 0.308. The van der Waals surface area contributed by atoms with Crippen LogP contribution in [0.2, 0.25) is 0 Å². The summed E-state index contributed by atoms with van der Waals surface area (Å²) >= 11 is 0. The molecule has 0 spiro atoms. The van der Waals surface area contributed by atoms with Crippen LogP contribution in [-0.2, 0) is 6.42 Å². The minimum Gasteiger partial charge on any atom is -0.360 e. The number of hydrogen-bond donors (Lipinski definition) is 1. The number of unbranched alkanes of at least 4 members (excludes halogenated alkanes) is 1. The van der Waals surface area contributed by atoms with Crippen LogP contribution in [-0.4, -0.2) is 4.98 Å². The Morgan fingerprint density at radius 2 is 2.27 bits per heavy atom. The molecule has 0 unspecified atom stereocenters. The van der Waals surface area contributed by atoms with E-state index >= 15 is 0 Å². The van der Waals surface area contributed by atoms with Crippen LogP contribution in [0.25, 0.3) is 10.9 Å². The van der Waals surface area contributed by atoms with Gasteiger partial charge in [0.2, 0.25) is 0 Å². The van der Waals surface area contributed by atoms with Gasteiger partial charge >= 0.3 is 0 Å². The molecule has 1 aromatic heterocycles. The van der Waals surface area contributed by atoms with Crippen molar-refractivity contribution in [2.75, 3.05) is 0 Å². The second-order valence-electron chi connectivity index (χ2n) is 3.76. The average molecular weight is 198 g/mol. The highest BCUT2D eigenvalue weighted by Crippen LogP contribution is 2.22. The van der Waals surface area contributed by atoms with Crippen LogP contribution < -0.4 is 0 Å². The summed E-state index contributed by atoms with van der Waals surface area (Å²) < 4.78 is 0. The third-order valence-corrected chi connectivity index (χ3v) is 2.72. The molecule has 0 aliphatic rings. The van der Waals surface area contributed by atoms with Crippen LogP contribution in [0, 0.1) is 11.3 Å². The van der Waals surface area contributed by atoms with E-state index in [0.29, 0.717) is 0 Å². The number of aromatic nitrogens is 1. The van der Waals surface area contributed by atoms with Gasteiger partial charge in [0.05, 0.1) is 11.1 Å². The maximum Gasteiger partial charge on any atom is 0.101 e. The average Bonchev–Trinajstić information content (AvgIpc) is 2.69. The Morgan fingerprint density at radius 1 is 1.40 bits per heavy atom. The van der Waals surface area contributed by atoms with E-state index in [9.17, 15) is 0 Å². The predicted molar refractivity (Wildman–Crippen MR) is 61.6 cm³/mol. The number of hydrogen-bond acceptors (Lipinski definition) is 1. The zero-order chi connectivity index (χ0) is 10.7. The minimum atomic E-state index is 0.732. The third kappa shape index (κ3) is 1.73. The number of benzene rings is 1. The van der Waals surface area contributed by atoms with E-state index in [-0.39, 0.29) is 0 Å². The maximum atomic E-state index is 8.95. The van der Waals surface area contributed by atoms with Gasteiger partial charge < -0.3 is 4.98 Å². The molecule has 15 heavy (non-hydrogen) atoms. The molecule has 0 radical (unpaired) electrons. The summed E-state index contributed by atoms with van der Waals surface area (Å²) in [5.41, 5.74) is 3.03. The van der Waals surface area contributed by atoms with Crippen molar-refractivity contribution in [1.82, 2.24) is 4.98 Å². The highest BCUT2D eigenvalue weighted by molar-refractivity contribution is 5.87. The van der Waals surface area contributed by atoms with Crippen molar-refractivity contribution < 1.29 is 0 Å². The number of aryl methyl sites for hydroxylation is 1. The summed E-state index contributed by atoms with van der Waals surface area (Å²) in [5.74, 6) is 0. The molecule has 2 rings (SSSR count). The zero-order valence-corrected chi connectivity index (χ0v) is 8.88. The van der Waals surface area contributed by atoms with Crippen LogP contribution in [0.1, 0.15) is 30.9 Å². The molecular weight excluding hydrogens is 184 g/mol. The molecule has 0 fully saturated rings. The van der Waals surface area contributed by atoms with E-state index in [4.69, 9.17) is 5.26 Å². The topological polar surface area (TPSA) is 39.6 Å². The second-order valence-corrected chi connectivity index (χ2v) is 3.76. The van der Waals surface area contributed by atoms with E-state index in [0.717, 1.165) is 17.5 Å². The van der Waals surface area contributed by atoms with Gasteiger partial charge in [0.15, 0.2) is 0 Å². The van der Waals surface area contributed by atoms with Crippen LogP contribution >= 0.6 is 0 Å². The molecule has 0 aliphatic carbocycles. The summed E-state index contributed by atoms with van der Waals surface area (Å²) in [6.45, 7) is 2.19. The normalized spacial score (nSPS) is 10.4. The largest absolute Gasteiger partial charge is 0.360 e. The quantitative estimate of drug-likeness (QED) is 0.806. The summed E-state index contributed by atoms with van der Waals surface area (Å²) in [6, 6.07) is 8.09. The Morgan fingerprint density at radius 3 is 3.00 bits per heavy atom. The molecule has 2 nitrogen and oxygen atoms in total. The van der Waals surface area contributed by atoms with E-state index < -0.39 is 0 Å². The molecule has 0 amide bonds. The molecule has 76 valence electrons. The van der Waals surface area contributed by atoms with E-state index in [1.165, 1.54) is 23.8 Å². The first-order valence-corrected chi connectivity index (χ1v) is 5.36. The number of rotatable bonds is 3. The van der Waals surface area contributed by atoms with Gasteiger partial charge in [0.1, 0.15) is 6.07 Å². The van der Waals surface area contributed by atoms with Gasteiger partial charge in [0.25, 0.3) is 0 Å². The van der Waals surface area contributed by atoms with E-state index in [1.807, 2.05) is 18.3 Å². The molecule has 1 N–H and O–H groups in total. The fourth-order valence-electron chi connectivity index (χ4n) is 1.88. The number of para-hydroxylation sites is 1. The molecule has 0 saturated carbocycles. The van der Waals surface area contributed by atoms with Gasteiger partial charge in [-0.05, 0) is 24.5 Å². The first kappa shape index (κ1) is 9.79. The van der Waals surface area contributed by atoms with Gasteiger partial charge in [-0.15, -0.1) is 0 Å². The highest BCUT2D eigenvalue weighted by Gasteiger charge is 2.05. The molecule has 2 heteroatoms. The Labute approximate surface area is 89.5 Å². The van der Waals surface area contributed by atoms with Crippen LogP contribution in [0.4, 0.5) is 0 Å². The predicted octanol–water partition coefficient (Wildman–Crippen LogP) is 3.38. The van der Waals surface area contributed by atoms with Crippen molar-refractivity contribution in [3.63, 3.8) is 0 Å². The van der Waals surface area contributed by atoms with Gasteiger partial charge in [-0.25, -0.2) is 0 Å². The Kier molecular flexibility index (Phi) is 2.73. The summed E-state index contributed by atoms with van der Waals surface area (Å²) in [6.07, 6.45) is 5.51. The summed E-state index contributed by atoms with van der Waals surface area (Å²) in [5, 5.41) is 10.1. The lowest BCUT2D eigenvalue weighted by Crippen LogP contribution is -1.82. The fourth-order valence-corrected chi connectivity index (χ4v) is 1.88. The molecular formula is C13H14N2. The molecule has 0 aliphatic heterocycles. The SMILES string of the molecule is CCCCc1c[nH]c2c(C#N)cccc12. The lowest BCUT2D eigenvalue weighted by Gasteiger charge is -1.97. The Bertz CT molecular complexity index is 503. The number of nitriles is 1. The number of fused-ring (bicyclic) bond motifs is 1. The Hall–Kier alpha value is -1.75. The highest BCUT2D eigenvalue weighted by atomic mass is 14.7.